The molecule has 0 heterocycles. The van der Waals surface area contributed by atoms with Crippen molar-refractivity contribution in [3.05, 3.63) is 63.6 Å². The van der Waals surface area contributed by atoms with Gasteiger partial charge < -0.3 is 10.1 Å². The second-order valence-electron chi connectivity index (χ2n) is 5.35. The summed E-state index contributed by atoms with van der Waals surface area (Å²) >= 11 is 12.6. The van der Waals surface area contributed by atoms with Crippen molar-refractivity contribution in [2.24, 2.45) is 0 Å². The predicted molar refractivity (Wildman–Crippen MR) is 93.8 cm³/mol. The van der Waals surface area contributed by atoms with Crippen molar-refractivity contribution in [1.29, 1.82) is 0 Å². The Labute approximate surface area is 142 Å². The zero-order chi connectivity index (χ0) is 15.9. The zero-order valence-corrected chi connectivity index (χ0v) is 14.4. The molecule has 0 aromatic heterocycles. The lowest BCUT2D eigenvalue weighted by atomic mass is 10.2. The topological polar surface area (TPSA) is 21.3 Å². The molecule has 2 rings (SSSR count). The van der Waals surface area contributed by atoms with Gasteiger partial charge in [0.25, 0.3) is 0 Å². The van der Waals surface area contributed by atoms with E-state index in [4.69, 9.17) is 27.9 Å². The van der Waals surface area contributed by atoms with Crippen molar-refractivity contribution in [2.75, 3.05) is 0 Å². The fourth-order valence-corrected chi connectivity index (χ4v) is 2.66. The molecule has 0 spiro atoms. The summed E-state index contributed by atoms with van der Waals surface area (Å²) < 4.78 is 5.77. The van der Waals surface area contributed by atoms with Gasteiger partial charge in [0.05, 0.1) is 10.0 Å². The summed E-state index contributed by atoms with van der Waals surface area (Å²) in [6, 6.07) is 14.2. The van der Waals surface area contributed by atoms with E-state index in [1.807, 2.05) is 42.5 Å². The Morgan fingerprint density at radius 2 is 1.68 bits per heavy atom. The number of nitrogens with one attached hydrogen (secondary N) is 1. The van der Waals surface area contributed by atoms with Gasteiger partial charge in [0.2, 0.25) is 0 Å². The van der Waals surface area contributed by atoms with Gasteiger partial charge in [-0.2, -0.15) is 0 Å². The maximum Gasteiger partial charge on any atom is 0.156 e. The van der Waals surface area contributed by atoms with E-state index in [0.717, 1.165) is 24.1 Å². The molecule has 1 N–H and O–H groups in total. The van der Waals surface area contributed by atoms with Crippen LogP contribution < -0.4 is 10.1 Å². The largest absolute Gasteiger partial charge is 0.486 e. The van der Waals surface area contributed by atoms with Crippen LogP contribution in [0.2, 0.25) is 10.0 Å². The molecule has 2 aromatic carbocycles. The number of halogens is 2. The number of hydrogen-bond donors (Lipinski definition) is 1. The first kappa shape index (κ1) is 17.1. The van der Waals surface area contributed by atoms with Crippen molar-refractivity contribution in [1.82, 2.24) is 5.32 Å². The van der Waals surface area contributed by atoms with Gasteiger partial charge >= 0.3 is 0 Å². The quantitative estimate of drug-likeness (QED) is 0.724. The first-order valence-electron chi connectivity index (χ1n) is 7.48. The highest BCUT2D eigenvalue weighted by atomic mass is 35.5. The van der Waals surface area contributed by atoms with E-state index in [1.54, 1.807) is 0 Å². The molecule has 1 unspecified atom stereocenters. The molecular weight excluding hydrogens is 317 g/mol. The molecule has 0 fully saturated rings. The molecule has 0 saturated heterocycles. The molecule has 0 aliphatic carbocycles. The lowest BCUT2D eigenvalue weighted by Gasteiger charge is -2.14. The summed E-state index contributed by atoms with van der Waals surface area (Å²) in [5.41, 5.74) is 2.14. The van der Waals surface area contributed by atoms with Crippen molar-refractivity contribution >= 4 is 23.2 Å². The molecule has 0 aliphatic rings. The van der Waals surface area contributed by atoms with Crippen LogP contribution >= 0.6 is 23.2 Å². The zero-order valence-electron chi connectivity index (χ0n) is 12.9. The van der Waals surface area contributed by atoms with Crippen molar-refractivity contribution in [2.45, 2.75) is 39.5 Å². The molecule has 0 saturated carbocycles. The van der Waals surface area contributed by atoms with Gasteiger partial charge in [0.15, 0.2) is 5.75 Å². The SMILES string of the molecule is CCC(C)NCc1cc(Cl)c(OCc2ccccc2)c(Cl)c1. The van der Waals surface area contributed by atoms with E-state index in [-0.39, 0.29) is 0 Å². The molecule has 2 nitrogen and oxygen atoms in total. The molecule has 0 radical (unpaired) electrons. The Bertz CT molecular complexity index is 578. The Balaban J connectivity index is 2.03. The van der Waals surface area contributed by atoms with E-state index in [1.165, 1.54) is 0 Å². The number of ether oxygens (including phenoxy) is 1. The molecule has 1 atom stereocenters. The normalized spacial score (nSPS) is 12.2. The summed E-state index contributed by atoms with van der Waals surface area (Å²) in [6.45, 7) is 5.50. The van der Waals surface area contributed by atoms with Gasteiger partial charge in [-0.3, -0.25) is 0 Å². The highest BCUT2D eigenvalue weighted by Gasteiger charge is 2.10. The maximum atomic E-state index is 6.31. The second-order valence-corrected chi connectivity index (χ2v) is 6.17. The van der Waals surface area contributed by atoms with Gasteiger partial charge in [-0.1, -0.05) is 60.5 Å². The Hall–Kier alpha value is -1.22. The molecule has 0 bridgehead atoms. The summed E-state index contributed by atoms with van der Waals surface area (Å²) in [4.78, 5) is 0. The fourth-order valence-electron chi connectivity index (χ4n) is 2.02. The average Bonchev–Trinajstić information content (AvgIpc) is 2.52. The van der Waals surface area contributed by atoms with Crippen molar-refractivity contribution < 1.29 is 4.74 Å². The highest BCUT2D eigenvalue weighted by Crippen LogP contribution is 2.34. The Morgan fingerprint density at radius 1 is 1.05 bits per heavy atom. The van der Waals surface area contributed by atoms with E-state index in [2.05, 4.69) is 19.2 Å². The summed E-state index contributed by atoms with van der Waals surface area (Å²) in [5, 5.41) is 4.51. The highest BCUT2D eigenvalue weighted by molar-refractivity contribution is 6.37. The lowest BCUT2D eigenvalue weighted by molar-refractivity contribution is 0.306. The van der Waals surface area contributed by atoms with Crippen LogP contribution in [0.4, 0.5) is 0 Å². The van der Waals surface area contributed by atoms with Crippen molar-refractivity contribution in [3.8, 4) is 5.75 Å². The monoisotopic (exact) mass is 337 g/mol. The van der Waals surface area contributed by atoms with Gasteiger partial charge in [0.1, 0.15) is 6.61 Å². The Kier molecular flexibility index (Phi) is 6.56. The minimum Gasteiger partial charge on any atom is -0.486 e. The van der Waals surface area contributed by atoms with Crippen LogP contribution in [0.15, 0.2) is 42.5 Å². The maximum absolute atomic E-state index is 6.31. The van der Waals surface area contributed by atoms with Crippen LogP contribution in [-0.4, -0.2) is 6.04 Å². The predicted octanol–water partition coefficient (Wildman–Crippen LogP) is 5.46. The van der Waals surface area contributed by atoms with Crippen LogP contribution in [0.3, 0.4) is 0 Å². The number of hydrogen-bond acceptors (Lipinski definition) is 2. The summed E-state index contributed by atoms with van der Waals surface area (Å²) in [5.74, 6) is 0.541. The fraction of sp³-hybridized carbons (Fsp3) is 0.333. The van der Waals surface area contributed by atoms with Crippen LogP contribution in [0.25, 0.3) is 0 Å². The molecule has 118 valence electrons. The van der Waals surface area contributed by atoms with Gasteiger partial charge in [0, 0.05) is 12.6 Å². The van der Waals surface area contributed by atoms with Crippen LogP contribution in [0, 0.1) is 0 Å². The van der Waals surface area contributed by atoms with Gasteiger partial charge in [-0.25, -0.2) is 0 Å². The first-order chi connectivity index (χ1) is 10.6. The molecule has 2 aromatic rings. The molecule has 22 heavy (non-hydrogen) atoms. The first-order valence-corrected chi connectivity index (χ1v) is 8.23. The number of benzene rings is 2. The van der Waals surface area contributed by atoms with Crippen LogP contribution in [-0.2, 0) is 13.2 Å². The van der Waals surface area contributed by atoms with E-state index >= 15 is 0 Å². The third kappa shape index (κ3) is 4.91. The second kappa shape index (κ2) is 8.42. The smallest absolute Gasteiger partial charge is 0.156 e. The lowest BCUT2D eigenvalue weighted by Crippen LogP contribution is -2.24. The van der Waals surface area contributed by atoms with Gasteiger partial charge in [-0.05, 0) is 36.6 Å². The molecule has 4 heteroatoms. The van der Waals surface area contributed by atoms with Crippen molar-refractivity contribution in [3.63, 3.8) is 0 Å². The van der Waals surface area contributed by atoms with Crippen LogP contribution in [0.5, 0.6) is 5.75 Å². The van der Waals surface area contributed by atoms with E-state index in [9.17, 15) is 0 Å². The van der Waals surface area contributed by atoms with E-state index < -0.39 is 0 Å². The molecular formula is C18H21Cl2NO. The van der Waals surface area contributed by atoms with Crippen LogP contribution in [0.1, 0.15) is 31.4 Å². The number of rotatable bonds is 7. The standard InChI is InChI=1S/C18H21Cl2NO/c1-3-13(2)21-11-15-9-16(19)18(17(20)10-15)22-12-14-7-5-4-6-8-14/h4-10,13,21H,3,11-12H2,1-2H3. The average molecular weight is 338 g/mol. The van der Waals surface area contributed by atoms with E-state index in [0.29, 0.717) is 28.4 Å². The summed E-state index contributed by atoms with van der Waals surface area (Å²) in [6.07, 6.45) is 1.08. The third-order valence-corrected chi connectivity index (χ3v) is 4.11. The minimum atomic E-state index is 0.449. The molecule has 0 amide bonds. The third-order valence-electron chi connectivity index (χ3n) is 3.55. The minimum absolute atomic E-state index is 0.449. The summed E-state index contributed by atoms with van der Waals surface area (Å²) in [7, 11) is 0. The van der Waals surface area contributed by atoms with Gasteiger partial charge in [-0.15, -0.1) is 0 Å². The molecule has 0 aliphatic heterocycles. The Morgan fingerprint density at radius 3 is 2.27 bits per heavy atom.